The number of nitrogens with zero attached hydrogens (tertiary/aromatic N) is 6. The smallest absolute Gasteiger partial charge is 0.275 e. The topological polar surface area (TPSA) is 99.2 Å². The van der Waals surface area contributed by atoms with Crippen molar-refractivity contribution in [1.82, 2.24) is 20.2 Å². The van der Waals surface area contributed by atoms with Crippen LogP contribution < -0.4 is 20.4 Å². The molecule has 1 aliphatic heterocycles. The minimum Gasteiger partial charge on any atom is -0.351 e. The SMILES string of the molecule is Cc1c(Nc2ccccc2)nnc(N2CCN(c3cnc(C(=O)Nc4ccccc4)cn3)C(C)C2)c1C. The average molecular weight is 495 g/mol. The van der Waals surface area contributed by atoms with Crippen molar-refractivity contribution < 1.29 is 4.79 Å². The van der Waals surface area contributed by atoms with Crippen molar-refractivity contribution in [3.8, 4) is 0 Å². The molecule has 1 saturated heterocycles. The number of aromatic nitrogens is 4. The summed E-state index contributed by atoms with van der Waals surface area (Å²) in [6.45, 7) is 8.64. The summed E-state index contributed by atoms with van der Waals surface area (Å²) in [6, 6.07) is 19.5. The Kier molecular flexibility index (Phi) is 6.93. The molecule has 3 heterocycles. The van der Waals surface area contributed by atoms with Crippen LogP contribution in [0.15, 0.2) is 73.1 Å². The maximum Gasteiger partial charge on any atom is 0.275 e. The summed E-state index contributed by atoms with van der Waals surface area (Å²) in [5.74, 6) is 2.15. The number of carbonyl (C=O) groups excluding carboxylic acids is 1. The average Bonchev–Trinajstić information content (AvgIpc) is 2.93. The van der Waals surface area contributed by atoms with Crippen molar-refractivity contribution in [2.75, 3.05) is 40.1 Å². The Morgan fingerprint density at radius 2 is 1.57 bits per heavy atom. The zero-order valence-corrected chi connectivity index (χ0v) is 21.2. The zero-order valence-electron chi connectivity index (χ0n) is 21.2. The number of hydrogen-bond acceptors (Lipinski definition) is 8. The minimum absolute atomic E-state index is 0.177. The number of anilines is 5. The molecule has 0 bridgehead atoms. The standard InChI is InChI=1S/C28H30N8O/c1-19-18-35(27-21(3)20(2)26(33-34-27)31-22-10-6-4-7-11-22)14-15-36(19)25-17-29-24(16-30-25)28(37)32-23-12-8-5-9-13-23/h4-13,16-17,19H,14-15,18H2,1-3H3,(H,31,33)(H,32,37). The molecule has 0 saturated carbocycles. The van der Waals surface area contributed by atoms with E-state index in [2.05, 4.69) is 61.4 Å². The highest BCUT2D eigenvalue weighted by molar-refractivity contribution is 6.02. The lowest BCUT2D eigenvalue weighted by atomic mass is 10.1. The quantitative estimate of drug-likeness (QED) is 0.401. The van der Waals surface area contributed by atoms with Crippen molar-refractivity contribution in [2.24, 2.45) is 0 Å². The summed E-state index contributed by atoms with van der Waals surface area (Å²) in [4.78, 5) is 25.9. The van der Waals surface area contributed by atoms with Crippen molar-refractivity contribution >= 4 is 34.7 Å². The van der Waals surface area contributed by atoms with Gasteiger partial charge in [0.25, 0.3) is 5.91 Å². The van der Waals surface area contributed by atoms with E-state index in [0.29, 0.717) is 0 Å². The summed E-state index contributed by atoms with van der Waals surface area (Å²) < 4.78 is 0. The van der Waals surface area contributed by atoms with Gasteiger partial charge < -0.3 is 20.4 Å². The Morgan fingerprint density at radius 1 is 0.865 bits per heavy atom. The van der Waals surface area contributed by atoms with Crippen LogP contribution in [0, 0.1) is 13.8 Å². The van der Waals surface area contributed by atoms with Crippen molar-refractivity contribution in [3.63, 3.8) is 0 Å². The molecular formula is C28H30N8O. The third-order valence-electron chi connectivity index (χ3n) is 6.66. The summed E-state index contributed by atoms with van der Waals surface area (Å²) in [7, 11) is 0. The van der Waals surface area contributed by atoms with Crippen LogP contribution in [0.2, 0.25) is 0 Å². The van der Waals surface area contributed by atoms with Crippen LogP contribution >= 0.6 is 0 Å². The number of hydrogen-bond donors (Lipinski definition) is 2. The molecule has 1 unspecified atom stereocenters. The highest BCUT2D eigenvalue weighted by atomic mass is 16.1. The number of carbonyl (C=O) groups is 1. The van der Waals surface area contributed by atoms with E-state index in [1.54, 1.807) is 6.20 Å². The Bertz CT molecular complexity index is 1360. The molecule has 5 rings (SSSR count). The van der Waals surface area contributed by atoms with E-state index in [1.807, 2.05) is 60.7 Å². The molecule has 0 spiro atoms. The van der Waals surface area contributed by atoms with E-state index >= 15 is 0 Å². The molecular weight excluding hydrogens is 464 g/mol. The first kappa shape index (κ1) is 24.2. The Balaban J connectivity index is 1.24. The highest BCUT2D eigenvalue weighted by Crippen LogP contribution is 2.28. The van der Waals surface area contributed by atoms with E-state index in [4.69, 9.17) is 0 Å². The summed E-state index contributed by atoms with van der Waals surface area (Å²) in [6.07, 6.45) is 3.20. The Hall–Kier alpha value is -4.53. The highest BCUT2D eigenvalue weighted by Gasteiger charge is 2.27. The van der Waals surface area contributed by atoms with Crippen LogP contribution in [0.3, 0.4) is 0 Å². The molecule has 0 radical (unpaired) electrons. The van der Waals surface area contributed by atoms with Gasteiger partial charge in [-0.2, -0.15) is 0 Å². The molecule has 1 fully saturated rings. The van der Waals surface area contributed by atoms with Crippen molar-refractivity contribution in [1.29, 1.82) is 0 Å². The van der Waals surface area contributed by atoms with Gasteiger partial charge in [-0.05, 0) is 45.0 Å². The maximum atomic E-state index is 12.5. The van der Waals surface area contributed by atoms with Gasteiger partial charge >= 0.3 is 0 Å². The first-order valence-corrected chi connectivity index (χ1v) is 12.4. The molecule has 4 aromatic rings. The van der Waals surface area contributed by atoms with Crippen LogP contribution in [0.4, 0.5) is 28.8 Å². The summed E-state index contributed by atoms with van der Waals surface area (Å²) in [5.41, 5.74) is 4.19. The van der Waals surface area contributed by atoms with E-state index in [9.17, 15) is 4.79 Å². The van der Waals surface area contributed by atoms with Gasteiger partial charge in [0.2, 0.25) is 0 Å². The van der Waals surface area contributed by atoms with Crippen molar-refractivity contribution in [2.45, 2.75) is 26.8 Å². The Morgan fingerprint density at radius 3 is 2.22 bits per heavy atom. The largest absolute Gasteiger partial charge is 0.351 e. The van der Waals surface area contributed by atoms with Crippen molar-refractivity contribution in [3.05, 3.63) is 89.9 Å². The second kappa shape index (κ2) is 10.6. The van der Waals surface area contributed by atoms with Gasteiger partial charge in [-0.15, -0.1) is 10.2 Å². The Labute approximate surface area is 216 Å². The van der Waals surface area contributed by atoms with Gasteiger partial charge in [0, 0.05) is 48.2 Å². The lowest BCUT2D eigenvalue weighted by Gasteiger charge is -2.41. The number of piperazine rings is 1. The van der Waals surface area contributed by atoms with E-state index < -0.39 is 0 Å². The first-order valence-electron chi connectivity index (χ1n) is 12.4. The second-order valence-electron chi connectivity index (χ2n) is 9.18. The van der Waals surface area contributed by atoms with Gasteiger partial charge in [0.05, 0.1) is 12.4 Å². The van der Waals surface area contributed by atoms with Gasteiger partial charge in [-0.1, -0.05) is 36.4 Å². The lowest BCUT2D eigenvalue weighted by Crippen LogP contribution is -2.53. The normalized spacial score (nSPS) is 15.4. The molecule has 1 amide bonds. The summed E-state index contributed by atoms with van der Waals surface area (Å²) >= 11 is 0. The van der Waals surface area contributed by atoms with Gasteiger partial charge in [0.1, 0.15) is 11.5 Å². The molecule has 2 N–H and O–H groups in total. The zero-order chi connectivity index (χ0) is 25.8. The minimum atomic E-state index is -0.280. The predicted octanol–water partition coefficient (Wildman–Crippen LogP) is 4.59. The molecule has 37 heavy (non-hydrogen) atoms. The number of nitrogens with one attached hydrogen (secondary N) is 2. The fourth-order valence-electron chi connectivity index (χ4n) is 4.46. The number of benzene rings is 2. The molecule has 1 aliphatic rings. The molecule has 188 valence electrons. The second-order valence-corrected chi connectivity index (χ2v) is 9.18. The summed E-state index contributed by atoms with van der Waals surface area (Å²) in [5, 5.41) is 15.3. The van der Waals surface area contributed by atoms with E-state index in [0.717, 1.165) is 59.6 Å². The number of amides is 1. The van der Waals surface area contributed by atoms with E-state index in [1.165, 1.54) is 6.20 Å². The lowest BCUT2D eigenvalue weighted by molar-refractivity contribution is 0.102. The predicted molar refractivity (Wildman–Crippen MR) is 147 cm³/mol. The van der Waals surface area contributed by atoms with Crippen LogP contribution in [-0.2, 0) is 0 Å². The molecule has 2 aromatic carbocycles. The van der Waals surface area contributed by atoms with Crippen LogP contribution in [0.1, 0.15) is 28.5 Å². The van der Waals surface area contributed by atoms with Crippen LogP contribution in [0.25, 0.3) is 0 Å². The maximum absolute atomic E-state index is 12.5. The third kappa shape index (κ3) is 5.35. The fourth-order valence-corrected chi connectivity index (χ4v) is 4.46. The van der Waals surface area contributed by atoms with Crippen LogP contribution in [-0.4, -0.2) is 51.7 Å². The monoisotopic (exact) mass is 494 g/mol. The van der Waals surface area contributed by atoms with Gasteiger partial charge in [-0.3, -0.25) is 4.79 Å². The third-order valence-corrected chi connectivity index (χ3v) is 6.66. The van der Waals surface area contributed by atoms with Crippen LogP contribution in [0.5, 0.6) is 0 Å². The molecule has 2 aromatic heterocycles. The first-order chi connectivity index (χ1) is 18.0. The van der Waals surface area contributed by atoms with E-state index in [-0.39, 0.29) is 17.6 Å². The van der Waals surface area contributed by atoms with Gasteiger partial charge in [-0.25, -0.2) is 9.97 Å². The van der Waals surface area contributed by atoms with Gasteiger partial charge in [0.15, 0.2) is 11.6 Å². The number of rotatable bonds is 6. The fraction of sp³-hybridized carbons (Fsp3) is 0.250. The molecule has 9 nitrogen and oxygen atoms in total. The number of para-hydroxylation sites is 2. The molecule has 0 aliphatic carbocycles. The molecule has 1 atom stereocenters. The molecule has 9 heteroatoms.